The third kappa shape index (κ3) is 18.8. The molecule has 6 aromatic carbocycles. The van der Waals surface area contributed by atoms with Gasteiger partial charge in [0.2, 0.25) is 11.8 Å². The smallest absolute Gasteiger partial charge is 0.336 e. The molecule has 0 saturated heterocycles. The Kier molecular flexibility index (Phi) is 13.5. The van der Waals surface area contributed by atoms with Gasteiger partial charge in [0.05, 0.1) is 45.9 Å². The number of benzene rings is 6. The maximum absolute atomic E-state index is 15.6. The first-order valence-electron chi connectivity index (χ1n) is 46.0. The zero-order chi connectivity index (χ0) is 99.1. The molecule has 0 aliphatic heterocycles. The number of likely N-dealkylation sites (N-methyl/N-ethyl adjacent to an activating group) is 2. The van der Waals surface area contributed by atoms with Gasteiger partial charge >= 0.3 is 12.4 Å². The van der Waals surface area contributed by atoms with E-state index in [1.165, 1.54) is 31.2 Å². The quantitative estimate of drug-likeness (QED) is 0.0295. The van der Waals surface area contributed by atoms with Crippen molar-refractivity contribution in [2.75, 3.05) is 52.2 Å². The number of halogens is 8. The van der Waals surface area contributed by atoms with E-state index >= 15 is 4.79 Å². The SMILES string of the molecule is [2H]C([2H])(Sc1nc(=O)c2c(n1C([2H])([2H])C(=O)N(CCN(CC)CC)C([2H])(C)c1ccc(-c3ccc(C(F)(F)F)cc3)cc1)CCC2)c1ccc(F)cc1.[2H]c1c([2H])c(CSc2nc(=O)c3c(n2C([2H])([2H])C(=O)N(C([2H])([2H])c2c([2H])c([2H])c(-c4c([2H])c([2H])c(C(F)(F)F)c([2H])c4[2H])c([2H])c2[2H])C([2H])([2H])C([2H])([2H])N(C([2H])([2H])C)C([2H])([2H])C)C([2H])([2H])C([2H])(C)C3([2H])[2H])c([2H])c([2H])c1F. The summed E-state index contributed by atoms with van der Waals surface area (Å²) in [6.07, 6.45) is -16.3. The Morgan fingerprint density at radius 3 is 1.77 bits per heavy atom. The standard InChI is InChI=1S/2C37H40F4N4O2S/c1-4-43(5-2)18-19-44(22-26-6-10-28(11-7-26)29-12-14-30(15-13-29)37(39,40)41)34(46)23-45-33-21-25(3)20-32(33)35(47)42-36(45)48-24-27-8-16-31(38)17-9-27;1-4-43(5-2)21-22-44(25(3)27-11-13-28(14-12-27)29-15-17-30(18-16-29)37(39,40)41)34(46)23-45-33-8-6-7-32(33)35(47)42-36(45)48-24-26-9-19-31(38)20-10-26/h6-17,25H,4-5,18-24H2,1-3H3;9-20,25H,4-8,21-24H2,1-3H3/i4D2,5D2,6D,7D,8D,9D,10D,11D,12D,13D,14D,15D,16D,17D,18D2,19D2,20D2,21D2,22D2,23D2,25D;23D2,24D2,25D. The summed E-state index contributed by atoms with van der Waals surface area (Å²) in [6, 6.07) is -4.97. The van der Waals surface area contributed by atoms with Crippen molar-refractivity contribution in [3.05, 3.63) is 234 Å². The zero-order valence-corrected chi connectivity index (χ0v) is 53.3. The molecular formula is C74H80F8N8O4S2. The maximum Gasteiger partial charge on any atom is 0.416 e. The molecule has 0 radical (unpaired) electrons. The van der Waals surface area contributed by atoms with E-state index in [0.717, 1.165) is 33.7 Å². The van der Waals surface area contributed by atoms with Crippen molar-refractivity contribution >= 4 is 35.3 Å². The Balaban J connectivity index is 0.000000313. The van der Waals surface area contributed by atoms with Crippen molar-refractivity contribution in [2.24, 2.45) is 5.89 Å². The molecule has 2 aliphatic carbocycles. The van der Waals surface area contributed by atoms with Gasteiger partial charge in [0.15, 0.2) is 10.3 Å². The van der Waals surface area contributed by atoms with Crippen LogP contribution in [0.2, 0.25) is 0 Å². The normalized spacial score (nSPS) is 22.4. The Hall–Kier alpha value is -7.92. The third-order valence-corrected chi connectivity index (χ3v) is 16.0. The molecule has 2 atom stereocenters. The van der Waals surface area contributed by atoms with Gasteiger partial charge in [0.25, 0.3) is 11.1 Å². The Labute approximate surface area is 611 Å². The average Bonchev–Trinajstić information content (AvgIpc) is 1.50. The van der Waals surface area contributed by atoms with Crippen LogP contribution in [0.25, 0.3) is 22.3 Å². The fourth-order valence-electron chi connectivity index (χ4n) is 9.25. The van der Waals surface area contributed by atoms with E-state index in [4.69, 9.17) is 34.3 Å². The molecular weight excluding hydrogens is 1280 g/mol. The second-order valence-corrected chi connectivity index (χ2v) is 22.2. The lowest BCUT2D eigenvalue weighted by Gasteiger charge is -2.33. The molecule has 0 fully saturated rings. The van der Waals surface area contributed by atoms with E-state index in [9.17, 15) is 61.8 Å². The molecule has 96 heavy (non-hydrogen) atoms. The number of nitrogens with zero attached hydrogens (tertiary/aromatic N) is 8. The van der Waals surface area contributed by atoms with Crippen molar-refractivity contribution in [1.29, 1.82) is 0 Å². The van der Waals surface area contributed by atoms with Crippen molar-refractivity contribution in [2.45, 2.75) is 133 Å². The molecule has 2 aromatic heterocycles. The van der Waals surface area contributed by atoms with E-state index in [1.807, 2.05) is 18.7 Å². The Morgan fingerprint density at radius 2 is 1.18 bits per heavy atom. The fraction of sp³-hybridized carbons (Fsp3) is 0.378. The fourth-order valence-corrected chi connectivity index (χ4v) is 10.8. The van der Waals surface area contributed by atoms with Gasteiger partial charge in [-0.2, -0.15) is 36.3 Å². The molecule has 22 heteroatoms. The van der Waals surface area contributed by atoms with Crippen LogP contribution in [-0.4, -0.2) is 103 Å². The van der Waals surface area contributed by atoms with Crippen LogP contribution in [-0.2, 0) is 78.5 Å². The molecule has 2 amide bonds. The molecule has 0 saturated carbocycles. The van der Waals surface area contributed by atoms with Crippen molar-refractivity contribution < 1.29 is 91.3 Å². The summed E-state index contributed by atoms with van der Waals surface area (Å²) in [5.41, 5.74) is -14.5. The zero-order valence-electron chi connectivity index (χ0n) is 85.6. The van der Waals surface area contributed by atoms with Gasteiger partial charge in [-0.3, -0.25) is 19.2 Å². The summed E-state index contributed by atoms with van der Waals surface area (Å²) in [4.78, 5) is 66.3. The van der Waals surface area contributed by atoms with Crippen LogP contribution in [0.1, 0.15) is 156 Å². The number of thioether (sulfide) groups is 2. The lowest BCUT2D eigenvalue weighted by atomic mass is 9.99. The highest BCUT2D eigenvalue weighted by atomic mass is 32.2. The van der Waals surface area contributed by atoms with Crippen molar-refractivity contribution in [1.82, 2.24) is 38.7 Å². The first-order valence-corrected chi connectivity index (χ1v) is 30.8. The van der Waals surface area contributed by atoms with Crippen LogP contribution in [0.4, 0.5) is 35.1 Å². The molecule has 10 rings (SSSR count). The monoisotopic (exact) mass is 1390 g/mol. The van der Waals surface area contributed by atoms with Crippen LogP contribution in [0, 0.1) is 17.5 Å². The van der Waals surface area contributed by atoms with E-state index < -0.39 is 261 Å². The van der Waals surface area contributed by atoms with Crippen LogP contribution < -0.4 is 11.1 Å². The topological polar surface area (TPSA) is 117 Å². The first kappa shape index (κ1) is 39.5. The highest BCUT2D eigenvalue weighted by Gasteiger charge is 2.33. The van der Waals surface area contributed by atoms with Gasteiger partial charge in [0.1, 0.15) is 24.6 Å². The third-order valence-electron chi connectivity index (χ3n) is 14.3. The lowest BCUT2D eigenvalue weighted by molar-refractivity contribution is -0.138. The van der Waals surface area contributed by atoms with Gasteiger partial charge in [-0.25, -0.2) is 8.78 Å². The summed E-state index contributed by atoms with van der Waals surface area (Å²) in [6.45, 7) is -20.6. The predicted octanol–water partition coefficient (Wildman–Crippen LogP) is 15.2. The number of hydrogen-bond donors (Lipinski definition) is 0. The second kappa shape index (κ2) is 32.9. The molecule has 0 N–H and O–H groups in total. The average molecular weight is 1400 g/mol. The molecule has 12 nitrogen and oxygen atoms in total. The number of carbonyl (C=O) groups is 2. The second-order valence-electron chi connectivity index (χ2n) is 20.4. The highest BCUT2D eigenvalue weighted by molar-refractivity contribution is 7.98. The number of amides is 2. The summed E-state index contributed by atoms with van der Waals surface area (Å²) in [7, 11) is 0. The molecule has 2 heterocycles. The minimum atomic E-state index is -5.56. The number of hydrogen-bond acceptors (Lipinski definition) is 10. The van der Waals surface area contributed by atoms with Crippen LogP contribution in [0.15, 0.2) is 165 Å². The molecule has 2 unspecified atom stereocenters. The molecule has 0 bridgehead atoms. The summed E-state index contributed by atoms with van der Waals surface area (Å²) in [5, 5.41) is -1.77. The summed E-state index contributed by atoms with van der Waals surface area (Å²) < 4.78 is 408. The van der Waals surface area contributed by atoms with Crippen LogP contribution in [0.5, 0.6) is 0 Å². The van der Waals surface area contributed by atoms with E-state index in [1.54, 1.807) is 24.3 Å². The minimum Gasteiger partial charge on any atom is -0.336 e. The molecule has 2 aliphatic rings. The number of carbonyl (C=O) groups excluding carboxylic acids is 2. The van der Waals surface area contributed by atoms with E-state index in [0.29, 0.717) is 81.7 Å². The summed E-state index contributed by atoms with van der Waals surface area (Å²) in [5.74, 6) is -10.7. The van der Waals surface area contributed by atoms with Gasteiger partial charge in [-0.05, 0) is 164 Å². The minimum absolute atomic E-state index is 0.0383. The molecule has 8 aromatic rings. The molecule has 508 valence electrons. The number of alkyl halides is 6. The van der Waals surface area contributed by atoms with Gasteiger partial charge < -0.3 is 28.7 Å². The van der Waals surface area contributed by atoms with E-state index in [-0.39, 0.29) is 51.3 Å². The Bertz CT molecular complexity index is 5800. The highest BCUT2D eigenvalue weighted by Crippen LogP contribution is 2.35. The summed E-state index contributed by atoms with van der Waals surface area (Å²) >= 11 is 0.329. The van der Waals surface area contributed by atoms with Crippen LogP contribution in [0.3, 0.4) is 0 Å². The number of aromatic nitrogens is 4. The first-order chi connectivity index (χ1) is 59.0. The van der Waals surface area contributed by atoms with Crippen LogP contribution >= 0.6 is 23.5 Å². The predicted molar refractivity (Wildman–Crippen MR) is 362 cm³/mol. The van der Waals surface area contributed by atoms with Crippen molar-refractivity contribution in [3.8, 4) is 22.3 Å². The van der Waals surface area contributed by atoms with E-state index in [2.05, 4.69) is 9.97 Å². The van der Waals surface area contributed by atoms with Gasteiger partial charge in [-0.15, -0.1) is 0 Å². The Morgan fingerprint density at radius 1 is 0.625 bits per heavy atom. The largest absolute Gasteiger partial charge is 0.416 e. The van der Waals surface area contributed by atoms with Crippen molar-refractivity contribution in [3.63, 3.8) is 0 Å². The molecule has 0 spiro atoms. The number of fused-ring (bicyclic) bond motifs is 2. The maximum atomic E-state index is 15.6. The lowest BCUT2D eigenvalue weighted by Crippen LogP contribution is -2.42. The van der Waals surface area contributed by atoms with Gasteiger partial charge in [-0.1, -0.05) is 155 Å². The van der Waals surface area contributed by atoms with Gasteiger partial charge in [0, 0.05) is 84.4 Å². The number of rotatable bonds is 26.